The number of hydrogen-bond acceptors (Lipinski definition) is 9. The van der Waals surface area contributed by atoms with Crippen molar-refractivity contribution < 1.29 is 38.1 Å². The quantitative estimate of drug-likeness (QED) is 0.351. The number of alkyl carbamates (subject to hydrolysis) is 1. The molecule has 0 unspecified atom stereocenters. The van der Waals surface area contributed by atoms with Crippen molar-refractivity contribution in [3.8, 4) is 0 Å². The number of hydrogen-bond donors (Lipinski definition) is 2. The second-order valence-corrected chi connectivity index (χ2v) is 4.30. The molecule has 0 saturated heterocycles. The maximum absolute atomic E-state index is 11.7. The van der Waals surface area contributed by atoms with E-state index in [2.05, 4.69) is 32.2 Å². The van der Waals surface area contributed by atoms with Crippen molar-refractivity contribution in [2.24, 2.45) is 0 Å². The minimum Gasteiger partial charge on any atom is -0.469 e. The van der Waals surface area contributed by atoms with Crippen molar-refractivity contribution in [3.63, 3.8) is 0 Å². The van der Waals surface area contributed by atoms with Gasteiger partial charge in [0.1, 0.15) is 6.04 Å². The number of carbonyl (C=O) groups excluding carboxylic acids is 4. The van der Waals surface area contributed by atoms with Crippen molar-refractivity contribution in [1.29, 1.82) is 0 Å². The fraction of sp³-hybridized carbons (Fsp3) is 0.667. The van der Waals surface area contributed by atoms with Gasteiger partial charge in [-0.2, -0.15) is 12.6 Å². The Morgan fingerprint density at radius 3 is 2.05 bits per heavy atom. The number of amides is 1. The van der Waals surface area contributed by atoms with Gasteiger partial charge in [0, 0.05) is 12.2 Å². The first kappa shape index (κ1) is 20.0. The summed E-state index contributed by atoms with van der Waals surface area (Å²) < 4.78 is 18.2. The highest BCUT2D eigenvalue weighted by atomic mass is 32.1. The number of carbonyl (C=O) groups is 4. The minimum atomic E-state index is -1.22. The first-order valence-corrected chi connectivity index (χ1v) is 6.83. The molecule has 0 fully saturated rings. The van der Waals surface area contributed by atoms with Gasteiger partial charge >= 0.3 is 24.0 Å². The highest BCUT2D eigenvalue weighted by Crippen LogP contribution is 2.04. The third-order valence-corrected chi connectivity index (χ3v) is 2.85. The van der Waals surface area contributed by atoms with Gasteiger partial charge in [0.2, 0.25) is 6.10 Å². The van der Waals surface area contributed by atoms with Crippen molar-refractivity contribution in [3.05, 3.63) is 0 Å². The third-order valence-electron chi connectivity index (χ3n) is 2.52. The van der Waals surface area contributed by atoms with Crippen molar-refractivity contribution >= 4 is 36.6 Å². The van der Waals surface area contributed by atoms with Crippen molar-refractivity contribution in [1.82, 2.24) is 5.32 Å². The zero-order valence-electron chi connectivity index (χ0n) is 12.5. The molecule has 9 nitrogen and oxygen atoms in total. The Balaban J connectivity index is 4.63. The smallest absolute Gasteiger partial charge is 0.408 e. The Morgan fingerprint density at radius 2 is 1.59 bits per heavy atom. The Bertz CT molecular complexity index is 414. The van der Waals surface area contributed by atoms with Crippen LogP contribution in [0.25, 0.3) is 0 Å². The van der Waals surface area contributed by atoms with E-state index in [-0.39, 0.29) is 18.6 Å². The number of ether oxygens (including phenoxy) is 4. The van der Waals surface area contributed by atoms with Gasteiger partial charge in [-0.3, -0.25) is 4.79 Å². The van der Waals surface area contributed by atoms with Crippen LogP contribution in [0, 0.1) is 0 Å². The van der Waals surface area contributed by atoms with E-state index >= 15 is 0 Å². The monoisotopic (exact) mass is 337 g/mol. The van der Waals surface area contributed by atoms with Crippen LogP contribution in [0.15, 0.2) is 0 Å². The van der Waals surface area contributed by atoms with Gasteiger partial charge < -0.3 is 24.3 Å². The number of thiol groups is 1. The molecule has 1 amide bonds. The second-order valence-electron chi connectivity index (χ2n) is 3.93. The molecule has 2 atom stereocenters. The zero-order valence-corrected chi connectivity index (χ0v) is 13.4. The van der Waals surface area contributed by atoms with Crippen LogP contribution in [0.2, 0.25) is 0 Å². The number of rotatable bonds is 8. The van der Waals surface area contributed by atoms with E-state index in [9.17, 15) is 19.2 Å². The molecule has 0 saturated carbocycles. The normalized spacial score (nSPS) is 12.5. The SMILES string of the molecule is COC(=O)CC[C@H](NC(=O)O[C@@H](CS)C(=O)OC)C(=O)OC. The highest BCUT2D eigenvalue weighted by Gasteiger charge is 2.27. The summed E-state index contributed by atoms with van der Waals surface area (Å²) in [6, 6.07) is -1.12. The molecule has 126 valence electrons. The summed E-state index contributed by atoms with van der Waals surface area (Å²) in [7, 11) is 3.46. The van der Waals surface area contributed by atoms with Gasteiger partial charge in [0.25, 0.3) is 0 Å². The molecule has 22 heavy (non-hydrogen) atoms. The summed E-state index contributed by atoms with van der Waals surface area (Å²) in [6.45, 7) is 0. The summed E-state index contributed by atoms with van der Waals surface area (Å²) in [5, 5.41) is 2.21. The van der Waals surface area contributed by atoms with E-state index in [0.717, 1.165) is 14.2 Å². The molecule has 0 aromatic heterocycles. The predicted molar refractivity (Wildman–Crippen MR) is 76.3 cm³/mol. The molecule has 0 bridgehead atoms. The Hall–Kier alpha value is -1.97. The average Bonchev–Trinajstić information content (AvgIpc) is 2.54. The molecule has 0 aromatic carbocycles. The molecule has 0 heterocycles. The summed E-state index contributed by atoms with van der Waals surface area (Å²) in [5.41, 5.74) is 0. The van der Waals surface area contributed by atoms with Crippen molar-refractivity contribution in [2.75, 3.05) is 27.1 Å². The van der Waals surface area contributed by atoms with E-state index in [1.54, 1.807) is 0 Å². The molecule has 10 heteroatoms. The van der Waals surface area contributed by atoms with Gasteiger partial charge in [-0.05, 0) is 6.42 Å². The van der Waals surface area contributed by atoms with Crippen LogP contribution in [0.3, 0.4) is 0 Å². The van der Waals surface area contributed by atoms with E-state index in [4.69, 9.17) is 4.74 Å². The molecular weight excluding hydrogens is 318 g/mol. The largest absolute Gasteiger partial charge is 0.469 e. The summed E-state index contributed by atoms with van der Waals surface area (Å²) in [5.74, 6) is -2.19. The lowest BCUT2D eigenvalue weighted by atomic mass is 10.1. The maximum Gasteiger partial charge on any atom is 0.408 e. The van der Waals surface area contributed by atoms with Gasteiger partial charge in [0.15, 0.2) is 0 Å². The number of nitrogens with one attached hydrogen (secondary N) is 1. The molecule has 0 aliphatic heterocycles. The Labute approximate surface area is 133 Å². The van der Waals surface area contributed by atoms with Gasteiger partial charge in [-0.25, -0.2) is 14.4 Å². The topological polar surface area (TPSA) is 117 Å². The van der Waals surface area contributed by atoms with Crippen LogP contribution in [0.1, 0.15) is 12.8 Å². The van der Waals surface area contributed by atoms with Gasteiger partial charge in [0.05, 0.1) is 21.3 Å². The molecule has 0 spiro atoms. The average molecular weight is 337 g/mol. The zero-order chi connectivity index (χ0) is 17.1. The first-order chi connectivity index (χ1) is 10.4. The summed E-state index contributed by atoms with van der Waals surface area (Å²) in [4.78, 5) is 45.6. The molecule has 0 rings (SSSR count). The van der Waals surface area contributed by atoms with Crippen LogP contribution in [0.5, 0.6) is 0 Å². The van der Waals surface area contributed by atoms with Crippen LogP contribution in [0.4, 0.5) is 4.79 Å². The number of methoxy groups -OCH3 is 3. The van der Waals surface area contributed by atoms with Gasteiger partial charge in [-0.1, -0.05) is 0 Å². The van der Waals surface area contributed by atoms with Crippen molar-refractivity contribution in [2.45, 2.75) is 25.0 Å². The van der Waals surface area contributed by atoms with Crippen LogP contribution in [-0.4, -0.2) is 63.2 Å². The molecule has 0 aliphatic carbocycles. The summed E-state index contributed by atoms with van der Waals surface area (Å²) >= 11 is 3.86. The van der Waals surface area contributed by atoms with Crippen LogP contribution < -0.4 is 5.32 Å². The van der Waals surface area contributed by atoms with Crippen LogP contribution >= 0.6 is 12.6 Å². The molecule has 1 N–H and O–H groups in total. The van der Waals surface area contributed by atoms with Crippen LogP contribution in [-0.2, 0) is 33.3 Å². The second kappa shape index (κ2) is 10.7. The van der Waals surface area contributed by atoms with E-state index < -0.39 is 36.1 Å². The third kappa shape index (κ3) is 7.16. The van der Waals surface area contributed by atoms with E-state index in [0.29, 0.717) is 0 Å². The first-order valence-electron chi connectivity index (χ1n) is 6.20. The molecule has 0 radical (unpaired) electrons. The number of esters is 3. The highest BCUT2D eigenvalue weighted by molar-refractivity contribution is 7.80. The lowest BCUT2D eigenvalue weighted by molar-refractivity contribution is -0.149. The molecular formula is C12H19NO8S. The van der Waals surface area contributed by atoms with Gasteiger partial charge in [-0.15, -0.1) is 0 Å². The summed E-state index contributed by atoms with van der Waals surface area (Å²) in [6.07, 6.45) is -2.40. The Kier molecular flexibility index (Phi) is 9.75. The maximum atomic E-state index is 11.7. The lowest BCUT2D eigenvalue weighted by Gasteiger charge is -2.18. The lowest BCUT2D eigenvalue weighted by Crippen LogP contribution is -2.44. The van der Waals surface area contributed by atoms with E-state index in [1.165, 1.54) is 7.11 Å². The standard InChI is InChI=1S/C12H19NO8S/c1-18-9(14)5-4-7(10(15)19-2)13-12(17)21-8(6-22)11(16)20-3/h7-8,22H,4-6H2,1-3H3,(H,13,17)/t7-,8-/m0/s1. The fourth-order valence-electron chi connectivity index (χ4n) is 1.35. The molecule has 0 aliphatic rings. The molecule has 0 aromatic rings. The van der Waals surface area contributed by atoms with E-state index in [1.807, 2.05) is 0 Å². The minimum absolute atomic E-state index is 0.0434. The Morgan fingerprint density at radius 1 is 1.00 bits per heavy atom. The predicted octanol–water partition coefficient (Wildman–Crippen LogP) is -0.321. The fourth-order valence-corrected chi connectivity index (χ4v) is 1.58.